The molecule has 0 amide bonds. The summed E-state index contributed by atoms with van der Waals surface area (Å²) in [7, 11) is 0.0514. The van der Waals surface area contributed by atoms with Crippen molar-refractivity contribution in [3.05, 3.63) is 24.3 Å². The van der Waals surface area contributed by atoms with E-state index in [0.29, 0.717) is 5.92 Å². The maximum atomic E-state index is 10.7. The molecule has 0 aliphatic carbocycles. The molecule has 0 saturated heterocycles. The maximum absolute atomic E-state index is 10.7. The summed E-state index contributed by atoms with van der Waals surface area (Å²) < 4.78 is 16.5. The molecule has 0 aromatic heterocycles. The third-order valence-corrected chi connectivity index (χ3v) is 3.44. The van der Waals surface area contributed by atoms with Crippen molar-refractivity contribution in [3.8, 4) is 5.75 Å². The van der Waals surface area contributed by atoms with Crippen molar-refractivity contribution >= 4 is 13.8 Å². The van der Waals surface area contributed by atoms with E-state index in [-0.39, 0.29) is 8.46 Å². The Morgan fingerprint density at radius 3 is 2.82 bits per heavy atom. The van der Waals surface area contributed by atoms with E-state index in [0.717, 1.165) is 24.1 Å². The first kappa shape index (κ1) is 14.2. The smallest absolute Gasteiger partial charge is 0.192 e. The molecule has 94 valence electrons. The Morgan fingerprint density at radius 1 is 1.35 bits per heavy atom. The summed E-state index contributed by atoms with van der Waals surface area (Å²) in [5.74, 6) is 1.45. The van der Waals surface area contributed by atoms with Gasteiger partial charge in [-0.2, -0.15) is 0 Å². The van der Waals surface area contributed by atoms with Crippen LogP contribution in [0.15, 0.2) is 24.3 Å². The minimum atomic E-state index is 0.0514. The molecular formula is C14H21O2P. The van der Waals surface area contributed by atoms with Crippen molar-refractivity contribution in [3.63, 3.8) is 0 Å². The van der Waals surface area contributed by atoms with Crippen LogP contribution in [0.3, 0.4) is 0 Å². The van der Waals surface area contributed by atoms with Gasteiger partial charge in [0.05, 0.1) is 6.61 Å². The van der Waals surface area contributed by atoms with Crippen LogP contribution >= 0.6 is 8.46 Å². The van der Waals surface area contributed by atoms with E-state index in [1.165, 1.54) is 19.3 Å². The minimum absolute atomic E-state index is 0.0514. The Labute approximate surface area is 106 Å². The highest BCUT2D eigenvalue weighted by Crippen LogP contribution is 2.16. The predicted molar refractivity (Wildman–Crippen MR) is 72.5 cm³/mol. The van der Waals surface area contributed by atoms with Gasteiger partial charge in [-0.1, -0.05) is 39.2 Å². The summed E-state index contributed by atoms with van der Waals surface area (Å²) in [6, 6.07) is 7.46. The second-order valence-electron chi connectivity index (χ2n) is 4.32. The number of rotatable bonds is 8. The molecule has 0 bridgehead atoms. The Morgan fingerprint density at radius 2 is 2.18 bits per heavy atom. The first-order chi connectivity index (χ1) is 8.30. The molecule has 0 aliphatic heterocycles. The molecule has 1 aromatic carbocycles. The molecule has 17 heavy (non-hydrogen) atoms. The van der Waals surface area contributed by atoms with Crippen molar-refractivity contribution in [2.45, 2.75) is 39.5 Å². The van der Waals surface area contributed by atoms with Crippen molar-refractivity contribution in [2.75, 3.05) is 6.61 Å². The van der Waals surface area contributed by atoms with Crippen LogP contribution in [0.5, 0.6) is 5.75 Å². The third kappa shape index (κ3) is 5.32. The Balaban J connectivity index is 2.44. The van der Waals surface area contributed by atoms with Crippen LogP contribution in [-0.2, 0) is 4.57 Å². The van der Waals surface area contributed by atoms with Gasteiger partial charge in [0.15, 0.2) is 8.46 Å². The average Bonchev–Trinajstić information content (AvgIpc) is 2.39. The highest BCUT2D eigenvalue weighted by molar-refractivity contribution is 7.34. The Bertz CT molecular complexity index is 339. The van der Waals surface area contributed by atoms with E-state index >= 15 is 0 Å². The van der Waals surface area contributed by atoms with Crippen LogP contribution < -0.4 is 10.0 Å². The molecule has 0 heterocycles. The summed E-state index contributed by atoms with van der Waals surface area (Å²) in [6.45, 7) is 5.18. The van der Waals surface area contributed by atoms with Gasteiger partial charge in [-0.05, 0) is 30.5 Å². The van der Waals surface area contributed by atoms with Gasteiger partial charge in [0.1, 0.15) is 5.75 Å². The number of hydrogen-bond acceptors (Lipinski definition) is 2. The van der Waals surface area contributed by atoms with Crippen molar-refractivity contribution < 1.29 is 9.30 Å². The lowest BCUT2D eigenvalue weighted by Crippen LogP contribution is -2.11. The normalized spacial score (nSPS) is 12.6. The lowest BCUT2D eigenvalue weighted by Gasteiger charge is -2.15. The summed E-state index contributed by atoms with van der Waals surface area (Å²) in [6.07, 6.45) is 4.88. The fourth-order valence-corrected chi connectivity index (χ4v) is 2.07. The molecule has 1 atom stereocenters. The van der Waals surface area contributed by atoms with Gasteiger partial charge in [0.25, 0.3) is 0 Å². The number of ether oxygens (including phenoxy) is 1. The van der Waals surface area contributed by atoms with Crippen LogP contribution in [-0.4, -0.2) is 6.61 Å². The second-order valence-corrected chi connectivity index (χ2v) is 5.02. The average molecular weight is 252 g/mol. The maximum Gasteiger partial charge on any atom is 0.192 e. The van der Waals surface area contributed by atoms with E-state index in [2.05, 4.69) is 13.8 Å². The Hall–Kier alpha value is -0.880. The SMILES string of the molecule is CCCCC(CC)COc1cccc(P=O)c1. The molecule has 0 N–H and O–H groups in total. The van der Waals surface area contributed by atoms with Gasteiger partial charge in [-0.3, -0.25) is 4.57 Å². The topological polar surface area (TPSA) is 26.3 Å². The lowest BCUT2D eigenvalue weighted by atomic mass is 10.0. The zero-order valence-electron chi connectivity index (χ0n) is 10.7. The standard InChI is InChI=1S/C14H21O2P/c1-3-5-7-12(4-2)11-16-13-8-6-9-14(10-13)17-15/h6,8-10,12H,3-5,7,11H2,1-2H3. The first-order valence-electron chi connectivity index (χ1n) is 6.36. The number of benzene rings is 1. The number of hydrogen-bond donors (Lipinski definition) is 0. The number of unbranched alkanes of at least 4 members (excludes halogenated alkanes) is 1. The fraction of sp³-hybridized carbons (Fsp3) is 0.571. The molecule has 1 unspecified atom stereocenters. The lowest BCUT2D eigenvalue weighted by molar-refractivity contribution is 0.233. The zero-order valence-corrected chi connectivity index (χ0v) is 11.6. The fourth-order valence-electron chi connectivity index (χ4n) is 1.74. The highest BCUT2D eigenvalue weighted by Gasteiger charge is 2.07. The van der Waals surface area contributed by atoms with Gasteiger partial charge in [-0.15, -0.1) is 0 Å². The molecule has 2 nitrogen and oxygen atoms in total. The van der Waals surface area contributed by atoms with E-state index in [1.807, 2.05) is 24.3 Å². The summed E-state index contributed by atoms with van der Waals surface area (Å²) >= 11 is 0. The van der Waals surface area contributed by atoms with Crippen molar-refractivity contribution in [2.24, 2.45) is 5.92 Å². The van der Waals surface area contributed by atoms with Crippen LogP contribution in [0.1, 0.15) is 39.5 Å². The quantitative estimate of drug-likeness (QED) is 0.648. The molecule has 0 aliphatic rings. The van der Waals surface area contributed by atoms with E-state index in [9.17, 15) is 4.57 Å². The van der Waals surface area contributed by atoms with Crippen molar-refractivity contribution in [1.29, 1.82) is 0 Å². The third-order valence-electron chi connectivity index (χ3n) is 2.95. The van der Waals surface area contributed by atoms with Gasteiger partial charge in [-0.25, -0.2) is 0 Å². The predicted octanol–water partition coefficient (Wildman–Crippen LogP) is 4.20. The molecule has 0 saturated carbocycles. The molecule has 0 radical (unpaired) electrons. The van der Waals surface area contributed by atoms with Gasteiger partial charge in [0.2, 0.25) is 0 Å². The van der Waals surface area contributed by atoms with E-state index in [4.69, 9.17) is 4.74 Å². The van der Waals surface area contributed by atoms with Crippen LogP contribution in [0.25, 0.3) is 0 Å². The zero-order chi connectivity index (χ0) is 12.5. The van der Waals surface area contributed by atoms with Crippen molar-refractivity contribution in [1.82, 2.24) is 0 Å². The van der Waals surface area contributed by atoms with Crippen LogP contribution in [0, 0.1) is 5.92 Å². The molecule has 3 heteroatoms. The van der Waals surface area contributed by atoms with Crippen LogP contribution in [0.2, 0.25) is 0 Å². The summed E-state index contributed by atoms with van der Waals surface area (Å²) in [5.41, 5.74) is 0. The minimum Gasteiger partial charge on any atom is -0.493 e. The van der Waals surface area contributed by atoms with E-state index < -0.39 is 0 Å². The summed E-state index contributed by atoms with van der Waals surface area (Å²) in [5, 5.41) is 0.768. The largest absolute Gasteiger partial charge is 0.493 e. The molecule has 1 rings (SSSR count). The monoisotopic (exact) mass is 252 g/mol. The Kier molecular flexibility index (Phi) is 6.88. The highest BCUT2D eigenvalue weighted by atomic mass is 31.1. The van der Waals surface area contributed by atoms with E-state index in [1.54, 1.807) is 0 Å². The molecule has 0 fully saturated rings. The second kappa shape index (κ2) is 8.25. The first-order valence-corrected chi connectivity index (χ1v) is 7.17. The van der Waals surface area contributed by atoms with Gasteiger partial charge >= 0.3 is 0 Å². The molecule has 1 aromatic rings. The summed E-state index contributed by atoms with van der Waals surface area (Å²) in [4.78, 5) is 0. The van der Waals surface area contributed by atoms with Gasteiger partial charge in [0, 0.05) is 5.30 Å². The van der Waals surface area contributed by atoms with Crippen LogP contribution in [0.4, 0.5) is 0 Å². The molecule has 0 spiro atoms. The van der Waals surface area contributed by atoms with Gasteiger partial charge < -0.3 is 4.74 Å². The molecular weight excluding hydrogens is 231 g/mol.